The largest absolute Gasteiger partial charge is 0.507 e. The molecule has 0 fully saturated rings. The van der Waals surface area contributed by atoms with Gasteiger partial charge in [-0.25, -0.2) is 5.84 Å². The zero-order chi connectivity index (χ0) is 13.6. The van der Waals surface area contributed by atoms with Gasteiger partial charge in [0.25, 0.3) is 5.91 Å². The fourth-order valence-corrected chi connectivity index (χ4v) is 2.14. The third-order valence-electron chi connectivity index (χ3n) is 3.02. The first kappa shape index (κ1) is 11.3. The molecule has 0 aliphatic carbocycles. The van der Waals surface area contributed by atoms with Crippen LogP contribution in [0.15, 0.2) is 24.3 Å². The number of hydrogen-bond donors (Lipinski definition) is 5. The molecule has 96 valence electrons. The summed E-state index contributed by atoms with van der Waals surface area (Å²) < 4.78 is 0. The van der Waals surface area contributed by atoms with Crippen molar-refractivity contribution in [3.63, 3.8) is 0 Å². The number of nitrogens with two attached hydrogens (primary N) is 1. The maximum absolute atomic E-state index is 11.6. The van der Waals surface area contributed by atoms with Crippen LogP contribution in [-0.2, 0) is 0 Å². The van der Waals surface area contributed by atoms with Crippen molar-refractivity contribution in [3.05, 3.63) is 30.0 Å². The maximum Gasteiger partial charge on any atom is 0.283 e. The molecule has 0 bridgehead atoms. The summed E-state index contributed by atoms with van der Waals surface area (Å²) >= 11 is 0. The van der Waals surface area contributed by atoms with E-state index in [0.717, 1.165) is 0 Å². The summed E-state index contributed by atoms with van der Waals surface area (Å²) in [4.78, 5) is 11.6. The monoisotopic (exact) mass is 258 g/mol. The van der Waals surface area contributed by atoms with Crippen molar-refractivity contribution in [1.82, 2.24) is 15.6 Å². The van der Waals surface area contributed by atoms with E-state index in [9.17, 15) is 15.0 Å². The van der Waals surface area contributed by atoms with E-state index in [1.54, 1.807) is 24.3 Å². The standard InChI is InChI=1S/C12H10N4O3/c13-14-12(19)9-7-8(15-16-9)11(18)6-4-2-1-3-5(6)10(7)17/h1-4,17-18H,13H2,(H,14,19)(H,15,16). The number of phenolic OH excluding ortho intramolecular Hbond substituents is 2. The molecule has 0 aliphatic heterocycles. The van der Waals surface area contributed by atoms with E-state index in [0.29, 0.717) is 10.8 Å². The van der Waals surface area contributed by atoms with Crippen LogP contribution in [0.1, 0.15) is 10.5 Å². The second-order valence-electron chi connectivity index (χ2n) is 4.04. The topological polar surface area (TPSA) is 124 Å². The third kappa shape index (κ3) is 1.42. The Hall–Kier alpha value is -2.80. The summed E-state index contributed by atoms with van der Waals surface area (Å²) in [7, 11) is 0. The van der Waals surface area contributed by atoms with Gasteiger partial charge < -0.3 is 10.2 Å². The first-order valence-electron chi connectivity index (χ1n) is 5.46. The number of rotatable bonds is 1. The molecule has 0 saturated heterocycles. The van der Waals surface area contributed by atoms with Gasteiger partial charge in [-0.15, -0.1) is 0 Å². The number of aromatic hydroxyl groups is 2. The van der Waals surface area contributed by atoms with Gasteiger partial charge in [-0.2, -0.15) is 5.10 Å². The van der Waals surface area contributed by atoms with E-state index in [1.807, 2.05) is 5.43 Å². The SMILES string of the molecule is NNC(=O)c1[nH]nc2c(O)c3ccccc3c(O)c12. The van der Waals surface area contributed by atoms with Crippen LogP contribution in [0, 0.1) is 0 Å². The number of aromatic amines is 1. The normalized spacial score (nSPS) is 11.0. The Morgan fingerprint density at radius 3 is 2.47 bits per heavy atom. The lowest BCUT2D eigenvalue weighted by atomic mass is 10.0. The first-order chi connectivity index (χ1) is 9.15. The fourth-order valence-electron chi connectivity index (χ4n) is 2.14. The molecule has 3 rings (SSSR count). The molecule has 7 heteroatoms. The number of nitrogens with zero attached hydrogens (tertiary/aromatic N) is 1. The van der Waals surface area contributed by atoms with E-state index in [-0.39, 0.29) is 28.1 Å². The Kier molecular flexibility index (Phi) is 2.29. The minimum atomic E-state index is -0.632. The van der Waals surface area contributed by atoms with Crippen LogP contribution in [0.25, 0.3) is 21.7 Å². The Bertz CT molecular complexity index is 809. The van der Waals surface area contributed by atoms with E-state index < -0.39 is 5.91 Å². The summed E-state index contributed by atoms with van der Waals surface area (Å²) in [5, 5.41) is 27.7. The molecule has 0 radical (unpaired) electrons. The molecule has 1 amide bonds. The van der Waals surface area contributed by atoms with Crippen molar-refractivity contribution in [2.75, 3.05) is 0 Å². The summed E-state index contributed by atoms with van der Waals surface area (Å²) in [6.07, 6.45) is 0. The van der Waals surface area contributed by atoms with Gasteiger partial charge in [0.05, 0.1) is 5.39 Å². The fraction of sp³-hybridized carbons (Fsp3) is 0. The van der Waals surface area contributed by atoms with Crippen LogP contribution in [0.3, 0.4) is 0 Å². The molecule has 0 atom stereocenters. The van der Waals surface area contributed by atoms with E-state index in [4.69, 9.17) is 5.84 Å². The van der Waals surface area contributed by atoms with Gasteiger partial charge in [-0.1, -0.05) is 24.3 Å². The number of fused-ring (bicyclic) bond motifs is 2. The minimum absolute atomic E-state index is 0.00365. The van der Waals surface area contributed by atoms with Crippen LogP contribution in [0.2, 0.25) is 0 Å². The molecule has 6 N–H and O–H groups in total. The Balaban J connectivity index is 2.52. The Morgan fingerprint density at radius 1 is 1.21 bits per heavy atom. The van der Waals surface area contributed by atoms with E-state index in [2.05, 4.69) is 10.2 Å². The third-order valence-corrected chi connectivity index (χ3v) is 3.02. The van der Waals surface area contributed by atoms with Gasteiger partial charge in [0, 0.05) is 10.8 Å². The Morgan fingerprint density at radius 2 is 1.84 bits per heavy atom. The number of nitrogen functional groups attached to an aromatic ring is 1. The summed E-state index contributed by atoms with van der Waals surface area (Å²) in [5.74, 6) is 4.20. The molecule has 1 aromatic heterocycles. The van der Waals surface area contributed by atoms with Crippen LogP contribution in [-0.4, -0.2) is 26.3 Å². The molecule has 2 aromatic carbocycles. The highest BCUT2D eigenvalue weighted by Gasteiger charge is 2.21. The lowest BCUT2D eigenvalue weighted by Crippen LogP contribution is -2.30. The van der Waals surface area contributed by atoms with Crippen molar-refractivity contribution in [2.24, 2.45) is 5.84 Å². The molecule has 19 heavy (non-hydrogen) atoms. The number of benzene rings is 2. The molecule has 0 spiro atoms. The number of nitrogens with one attached hydrogen (secondary N) is 2. The zero-order valence-corrected chi connectivity index (χ0v) is 9.64. The molecule has 1 heterocycles. The second-order valence-corrected chi connectivity index (χ2v) is 4.04. The Labute approximate surface area is 106 Å². The molecule has 0 aliphatic rings. The zero-order valence-electron chi connectivity index (χ0n) is 9.64. The average molecular weight is 258 g/mol. The number of H-pyrrole nitrogens is 1. The average Bonchev–Trinajstić information content (AvgIpc) is 2.89. The van der Waals surface area contributed by atoms with Crippen LogP contribution in [0.4, 0.5) is 0 Å². The van der Waals surface area contributed by atoms with E-state index >= 15 is 0 Å². The number of hydrazine groups is 1. The summed E-state index contributed by atoms with van der Waals surface area (Å²) in [6, 6.07) is 6.74. The predicted octanol–water partition coefficient (Wildman–Crippen LogP) is 0.731. The number of phenols is 2. The quantitative estimate of drug-likeness (QED) is 0.190. The van der Waals surface area contributed by atoms with Crippen molar-refractivity contribution in [2.45, 2.75) is 0 Å². The highest BCUT2D eigenvalue weighted by Crippen LogP contribution is 2.41. The van der Waals surface area contributed by atoms with Gasteiger partial charge >= 0.3 is 0 Å². The van der Waals surface area contributed by atoms with E-state index in [1.165, 1.54) is 0 Å². The van der Waals surface area contributed by atoms with Crippen LogP contribution in [0.5, 0.6) is 11.5 Å². The lowest BCUT2D eigenvalue weighted by Gasteiger charge is -2.06. The second kappa shape index (κ2) is 3.85. The molecule has 0 unspecified atom stereocenters. The van der Waals surface area contributed by atoms with Crippen molar-refractivity contribution in [1.29, 1.82) is 0 Å². The van der Waals surface area contributed by atoms with Crippen molar-refractivity contribution < 1.29 is 15.0 Å². The van der Waals surface area contributed by atoms with Gasteiger partial charge in [-0.3, -0.25) is 15.3 Å². The van der Waals surface area contributed by atoms with Gasteiger partial charge in [-0.05, 0) is 0 Å². The number of carbonyl (C=O) groups is 1. The first-order valence-corrected chi connectivity index (χ1v) is 5.46. The minimum Gasteiger partial charge on any atom is -0.507 e. The lowest BCUT2D eigenvalue weighted by molar-refractivity contribution is 0.0950. The predicted molar refractivity (Wildman–Crippen MR) is 68.6 cm³/mol. The maximum atomic E-state index is 11.6. The van der Waals surface area contributed by atoms with Crippen LogP contribution >= 0.6 is 0 Å². The number of hydrogen-bond acceptors (Lipinski definition) is 5. The van der Waals surface area contributed by atoms with Crippen LogP contribution < -0.4 is 11.3 Å². The molecule has 0 saturated carbocycles. The smallest absolute Gasteiger partial charge is 0.283 e. The summed E-state index contributed by atoms with van der Waals surface area (Å²) in [5.41, 5.74) is 2.07. The van der Waals surface area contributed by atoms with Crippen molar-refractivity contribution in [3.8, 4) is 11.5 Å². The van der Waals surface area contributed by atoms with Gasteiger partial charge in [0.15, 0.2) is 5.75 Å². The molecule has 7 nitrogen and oxygen atoms in total. The van der Waals surface area contributed by atoms with Gasteiger partial charge in [0.2, 0.25) is 0 Å². The molecular formula is C12H10N4O3. The number of carbonyl (C=O) groups excluding carboxylic acids is 1. The molecule has 3 aromatic rings. The van der Waals surface area contributed by atoms with Crippen molar-refractivity contribution >= 4 is 27.6 Å². The highest BCUT2D eigenvalue weighted by atomic mass is 16.3. The van der Waals surface area contributed by atoms with Gasteiger partial charge in [0.1, 0.15) is 17.0 Å². The number of amides is 1. The molecular weight excluding hydrogens is 248 g/mol. The summed E-state index contributed by atoms with van der Waals surface area (Å²) in [6.45, 7) is 0. The highest BCUT2D eigenvalue weighted by molar-refractivity contribution is 6.15. The number of aromatic nitrogens is 2.